The van der Waals surface area contributed by atoms with Crippen molar-refractivity contribution in [1.29, 1.82) is 0 Å². The van der Waals surface area contributed by atoms with Crippen LogP contribution < -0.4 is 14.5 Å². The normalized spacial score (nSPS) is 12.7. The van der Waals surface area contributed by atoms with Gasteiger partial charge in [0, 0.05) is 78.2 Å². The van der Waals surface area contributed by atoms with Crippen molar-refractivity contribution in [2.45, 2.75) is 26.2 Å². The summed E-state index contributed by atoms with van der Waals surface area (Å²) in [6.45, 7) is 8.80. The number of ether oxygens (including phenoxy) is 1. The third kappa shape index (κ3) is 6.36. The van der Waals surface area contributed by atoms with Crippen LogP contribution in [0.2, 0.25) is 0 Å². The van der Waals surface area contributed by atoms with Crippen LogP contribution in [0, 0.1) is 18.8 Å². The second-order valence-electron chi connectivity index (χ2n) is 15.8. The Labute approximate surface area is 357 Å². The van der Waals surface area contributed by atoms with Gasteiger partial charge in [-0.2, -0.15) is 6.07 Å². The summed E-state index contributed by atoms with van der Waals surface area (Å²) in [5, 5.41) is 4.17. The van der Waals surface area contributed by atoms with Crippen LogP contribution in [0.1, 0.15) is 26.3 Å². The number of para-hydroxylation sites is 4. The molecule has 3 aromatic heterocycles. The fourth-order valence-electron chi connectivity index (χ4n) is 8.13. The number of fused-ring (bicyclic) bond motifs is 7. The predicted octanol–water partition coefficient (Wildman–Crippen LogP) is 13.8. The Bertz CT molecular complexity index is 3180. The van der Waals surface area contributed by atoms with Gasteiger partial charge in [-0.1, -0.05) is 117 Å². The molecule has 0 fully saturated rings. The molecule has 6 nitrogen and oxygen atoms in total. The van der Waals surface area contributed by atoms with E-state index in [1.807, 2.05) is 48.7 Å². The smallest absolute Gasteiger partial charge is 0.140 e. The Morgan fingerprint density at radius 3 is 2.12 bits per heavy atom. The zero-order valence-electron chi connectivity index (χ0n) is 32.6. The van der Waals surface area contributed by atoms with Crippen LogP contribution in [-0.2, 0) is 26.5 Å². The number of hydrogen-bond acceptors (Lipinski definition) is 5. The second kappa shape index (κ2) is 14.3. The molecule has 0 N–H and O–H groups in total. The molecule has 0 saturated carbocycles. The summed E-state index contributed by atoms with van der Waals surface area (Å²) in [5.41, 5.74) is 10.9. The SMILES string of the molecule is CC(C)(C)c1cc(Oc2[c-]c3c(cc2)c2cc(-c4ccccc4)ccc2n3-c2cc3oc4ccccc4c3cn2)[c-]c(N2[CH-]N(c3ccccc3)c3ccccc32)c1.[Pt]. The van der Waals surface area contributed by atoms with Crippen molar-refractivity contribution in [2.75, 3.05) is 9.80 Å². The minimum absolute atomic E-state index is 0. The summed E-state index contributed by atoms with van der Waals surface area (Å²) in [7, 11) is 0. The van der Waals surface area contributed by atoms with Gasteiger partial charge in [-0.15, -0.1) is 53.6 Å². The van der Waals surface area contributed by atoms with Gasteiger partial charge in [0.15, 0.2) is 0 Å². The van der Waals surface area contributed by atoms with Crippen molar-refractivity contribution < 1.29 is 30.2 Å². The first-order valence-electron chi connectivity index (χ1n) is 19.5. The monoisotopic (exact) mass is 944 g/mol. The number of hydrogen-bond donors (Lipinski definition) is 0. The van der Waals surface area contributed by atoms with Crippen LogP contribution in [-0.4, -0.2) is 9.55 Å². The summed E-state index contributed by atoms with van der Waals surface area (Å²) in [6, 6.07) is 61.8. The van der Waals surface area contributed by atoms with Gasteiger partial charge in [-0.25, -0.2) is 4.98 Å². The average molecular weight is 945 g/mol. The second-order valence-corrected chi connectivity index (χ2v) is 15.8. The fraction of sp³-hybridized carbons (Fsp3) is 0.0769. The Morgan fingerprint density at radius 1 is 0.593 bits per heavy atom. The molecule has 1 aliphatic rings. The zero-order valence-corrected chi connectivity index (χ0v) is 34.9. The molecular weight excluding hydrogens is 908 g/mol. The molecule has 10 aromatic rings. The van der Waals surface area contributed by atoms with E-state index >= 15 is 0 Å². The molecule has 7 aromatic carbocycles. The van der Waals surface area contributed by atoms with E-state index in [2.05, 4.69) is 169 Å². The third-order valence-electron chi connectivity index (χ3n) is 11.1. The molecule has 7 heteroatoms. The number of pyridine rings is 1. The molecule has 0 radical (unpaired) electrons. The number of anilines is 4. The number of rotatable bonds is 6. The summed E-state index contributed by atoms with van der Waals surface area (Å²) in [5.74, 6) is 1.93. The molecule has 0 amide bonds. The Morgan fingerprint density at radius 2 is 1.32 bits per heavy atom. The fourth-order valence-corrected chi connectivity index (χ4v) is 8.13. The molecule has 59 heavy (non-hydrogen) atoms. The van der Waals surface area contributed by atoms with Gasteiger partial charge in [0.2, 0.25) is 0 Å². The van der Waals surface area contributed by atoms with Gasteiger partial charge in [-0.3, -0.25) is 0 Å². The van der Waals surface area contributed by atoms with Crippen LogP contribution >= 0.6 is 0 Å². The van der Waals surface area contributed by atoms with E-state index < -0.39 is 0 Å². The third-order valence-corrected chi connectivity index (χ3v) is 11.1. The molecule has 290 valence electrons. The molecule has 0 unspecified atom stereocenters. The van der Waals surface area contributed by atoms with E-state index in [0.29, 0.717) is 11.5 Å². The number of furan rings is 1. The first kappa shape index (κ1) is 36.7. The molecular formula is C52H37N4O2Pt-3. The molecule has 1 aliphatic heterocycles. The molecule has 0 bridgehead atoms. The van der Waals surface area contributed by atoms with Crippen LogP contribution in [0.15, 0.2) is 168 Å². The van der Waals surface area contributed by atoms with Crippen molar-refractivity contribution in [1.82, 2.24) is 9.55 Å². The quantitative estimate of drug-likeness (QED) is 0.155. The van der Waals surface area contributed by atoms with Crippen LogP contribution in [0.3, 0.4) is 0 Å². The van der Waals surface area contributed by atoms with Gasteiger partial charge in [0.25, 0.3) is 0 Å². The van der Waals surface area contributed by atoms with Crippen molar-refractivity contribution in [2.24, 2.45) is 0 Å². The number of nitrogens with zero attached hydrogens (tertiary/aromatic N) is 4. The van der Waals surface area contributed by atoms with E-state index in [0.717, 1.165) is 89.0 Å². The molecule has 0 atom stereocenters. The first-order valence-corrected chi connectivity index (χ1v) is 19.5. The summed E-state index contributed by atoms with van der Waals surface area (Å²) in [4.78, 5) is 9.44. The number of aromatic nitrogens is 2. The maximum atomic E-state index is 6.79. The van der Waals surface area contributed by atoms with E-state index in [1.165, 1.54) is 0 Å². The van der Waals surface area contributed by atoms with E-state index in [4.69, 9.17) is 14.1 Å². The Balaban J connectivity index is 0.00000420. The maximum absolute atomic E-state index is 6.79. The Hall–Kier alpha value is -6.62. The van der Waals surface area contributed by atoms with E-state index in [-0.39, 0.29) is 26.5 Å². The standard InChI is InChI=1S/C52H37N4O2.Pt/c1-52(2,3)36-27-38(55-33-54(37-16-8-5-9-17-37)46-19-11-12-20-47(46)55)29-40(28-36)57-39-23-24-41-43-26-35(34-14-6-4-7-15-34)22-25-45(43)56(48(41)30-39)51-31-50-44(32-53-51)42-18-10-13-21-49(42)58-50;/h4-28,31-33H,1-3H3;/q-3;. The molecule has 11 rings (SSSR count). The number of benzene rings is 7. The van der Waals surface area contributed by atoms with Crippen molar-refractivity contribution in [3.05, 3.63) is 188 Å². The minimum atomic E-state index is -0.155. The molecule has 0 spiro atoms. The predicted molar refractivity (Wildman–Crippen MR) is 236 cm³/mol. The summed E-state index contributed by atoms with van der Waals surface area (Å²) < 4.78 is 15.3. The maximum Gasteiger partial charge on any atom is 0.140 e. The largest absolute Gasteiger partial charge is 0.509 e. The topological polar surface area (TPSA) is 46.7 Å². The van der Waals surface area contributed by atoms with Crippen LogP contribution in [0.5, 0.6) is 11.5 Å². The van der Waals surface area contributed by atoms with Gasteiger partial charge < -0.3 is 23.5 Å². The van der Waals surface area contributed by atoms with E-state index in [1.54, 1.807) is 0 Å². The van der Waals surface area contributed by atoms with Crippen LogP contribution in [0.25, 0.3) is 60.7 Å². The van der Waals surface area contributed by atoms with Gasteiger partial charge in [-0.05, 0) is 58.3 Å². The van der Waals surface area contributed by atoms with Gasteiger partial charge in [0.05, 0.1) is 0 Å². The zero-order chi connectivity index (χ0) is 39.0. The summed E-state index contributed by atoms with van der Waals surface area (Å²) >= 11 is 0. The van der Waals surface area contributed by atoms with Crippen molar-refractivity contribution in [3.8, 4) is 28.4 Å². The molecule has 0 aliphatic carbocycles. The van der Waals surface area contributed by atoms with Crippen LogP contribution in [0.4, 0.5) is 22.7 Å². The minimum Gasteiger partial charge on any atom is -0.509 e. The molecule has 4 heterocycles. The van der Waals surface area contributed by atoms with E-state index in [9.17, 15) is 0 Å². The summed E-state index contributed by atoms with van der Waals surface area (Å²) in [6.07, 6.45) is 1.91. The van der Waals surface area contributed by atoms with Crippen molar-refractivity contribution in [3.63, 3.8) is 0 Å². The van der Waals surface area contributed by atoms with Gasteiger partial charge in [0.1, 0.15) is 17.0 Å². The van der Waals surface area contributed by atoms with Gasteiger partial charge >= 0.3 is 0 Å². The first-order chi connectivity index (χ1) is 28.4. The molecule has 0 saturated heterocycles. The Kier molecular flexibility index (Phi) is 8.92. The van der Waals surface area contributed by atoms with Crippen molar-refractivity contribution >= 4 is 66.5 Å². The average Bonchev–Trinajstić information content (AvgIpc) is 3.93.